The van der Waals surface area contributed by atoms with E-state index in [0.717, 1.165) is 24.9 Å². The summed E-state index contributed by atoms with van der Waals surface area (Å²) >= 11 is 0. The molecule has 0 radical (unpaired) electrons. The van der Waals surface area contributed by atoms with Crippen LogP contribution in [0.4, 0.5) is 0 Å². The van der Waals surface area contributed by atoms with Crippen molar-refractivity contribution in [2.45, 2.75) is 46.5 Å². The van der Waals surface area contributed by atoms with Gasteiger partial charge in [-0.3, -0.25) is 0 Å². The molecule has 0 heterocycles. The smallest absolute Gasteiger partial charge is 0.0161 e. The van der Waals surface area contributed by atoms with Gasteiger partial charge >= 0.3 is 0 Å². The number of nitrogens with one attached hydrogen (secondary N) is 1. The van der Waals surface area contributed by atoms with Crippen molar-refractivity contribution in [1.29, 1.82) is 0 Å². The molecule has 1 nitrogen and oxygen atoms in total. The highest BCUT2D eigenvalue weighted by Crippen LogP contribution is 2.29. The van der Waals surface area contributed by atoms with Gasteiger partial charge in [-0.05, 0) is 38.1 Å². The monoisotopic (exact) mass is 195 g/mol. The molecule has 0 saturated heterocycles. The lowest BCUT2D eigenvalue weighted by atomic mass is 9.82. The van der Waals surface area contributed by atoms with Crippen LogP contribution in [0.25, 0.3) is 0 Å². The van der Waals surface area contributed by atoms with Crippen LogP contribution in [0.3, 0.4) is 0 Å². The normalized spacial score (nSPS) is 29.2. The van der Waals surface area contributed by atoms with E-state index in [0.29, 0.717) is 0 Å². The van der Waals surface area contributed by atoms with Crippen molar-refractivity contribution in [3.05, 3.63) is 11.6 Å². The molecule has 0 aromatic carbocycles. The van der Waals surface area contributed by atoms with Gasteiger partial charge in [-0.2, -0.15) is 0 Å². The Morgan fingerprint density at radius 3 is 2.50 bits per heavy atom. The van der Waals surface area contributed by atoms with Gasteiger partial charge in [-0.15, -0.1) is 0 Å². The van der Waals surface area contributed by atoms with Crippen LogP contribution in [-0.4, -0.2) is 13.1 Å². The maximum atomic E-state index is 3.38. The molecule has 1 rings (SSSR count). The average Bonchev–Trinajstić information content (AvgIpc) is 2.18. The topological polar surface area (TPSA) is 12.0 Å². The molecule has 82 valence electrons. The summed E-state index contributed by atoms with van der Waals surface area (Å²) in [6.07, 6.45) is 8.16. The maximum Gasteiger partial charge on any atom is 0.0161 e. The Balaban J connectivity index is 2.27. The highest BCUT2D eigenvalue weighted by atomic mass is 14.8. The third-order valence-corrected chi connectivity index (χ3v) is 3.23. The molecule has 1 heteroatoms. The van der Waals surface area contributed by atoms with E-state index in [1.165, 1.54) is 31.3 Å². The van der Waals surface area contributed by atoms with Gasteiger partial charge < -0.3 is 5.32 Å². The first kappa shape index (κ1) is 11.8. The van der Waals surface area contributed by atoms with E-state index in [2.05, 4.69) is 32.2 Å². The predicted octanol–water partition coefficient (Wildman–Crippen LogP) is 3.37. The van der Waals surface area contributed by atoms with Gasteiger partial charge in [0, 0.05) is 6.54 Å². The molecule has 1 aliphatic carbocycles. The number of rotatable bonds is 4. The Morgan fingerprint density at radius 2 is 1.93 bits per heavy atom. The van der Waals surface area contributed by atoms with Crippen molar-refractivity contribution in [1.82, 2.24) is 5.32 Å². The predicted molar refractivity (Wildman–Crippen MR) is 63.4 cm³/mol. The molecule has 0 spiro atoms. The maximum absolute atomic E-state index is 3.38. The molecule has 1 N–H and O–H groups in total. The van der Waals surface area contributed by atoms with Gasteiger partial charge in [0.25, 0.3) is 0 Å². The van der Waals surface area contributed by atoms with Crippen molar-refractivity contribution in [3.8, 4) is 0 Å². The summed E-state index contributed by atoms with van der Waals surface area (Å²) in [5.74, 6) is 1.83. The Kier molecular flexibility index (Phi) is 5.24. The lowest BCUT2D eigenvalue weighted by Gasteiger charge is -2.24. The van der Waals surface area contributed by atoms with E-state index in [-0.39, 0.29) is 0 Å². The summed E-state index contributed by atoms with van der Waals surface area (Å²) in [4.78, 5) is 0. The summed E-state index contributed by atoms with van der Waals surface area (Å²) in [5.41, 5.74) is 1.52. The molecule has 0 aromatic heterocycles. The van der Waals surface area contributed by atoms with Crippen LogP contribution in [0, 0.1) is 11.8 Å². The summed E-state index contributed by atoms with van der Waals surface area (Å²) in [5, 5.41) is 3.38. The molecule has 14 heavy (non-hydrogen) atoms. The molecular formula is C13H25N. The molecule has 0 unspecified atom stereocenters. The van der Waals surface area contributed by atoms with Gasteiger partial charge in [-0.1, -0.05) is 38.3 Å². The van der Waals surface area contributed by atoms with Crippen molar-refractivity contribution < 1.29 is 0 Å². The number of hydrogen-bond donors (Lipinski definition) is 1. The molecule has 0 amide bonds. The van der Waals surface area contributed by atoms with Crippen LogP contribution in [-0.2, 0) is 0 Å². The zero-order valence-corrected chi connectivity index (χ0v) is 9.97. The molecule has 0 aliphatic heterocycles. The highest BCUT2D eigenvalue weighted by Gasteiger charge is 2.15. The molecule has 0 bridgehead atoms. The Morgan fingerprint density at radius 1 is 1.29 bits per heavy atom. The minimum atomic E-state index is 0.866. The van der Waals surface area contributed by atoms with Crippen LogP contribution in [0.5, 0.6) is 0 Å². The molecular weight excluding hydrogens is 170 g/mol. The second kappa shape index (κ2) is 6.23. The molecule has 1 fully saturated rings. The second-order valence-corrected chi connectivity index (χ2v) is 4.81. The summed E-state index contributed by atoms with van der Waals surface area (Å²) in [6.45, 7) is 8.94. The lowest BCUT2D eigenvalue weighted by Crippen LogP contribution is -2.16. The molecule has 0 aromatic rings. The standard InChI is InChI=1S/C13H25N/c1-4-14-10-12(3)9-13-7-5-11(2)6-8-13/h9,11,13-14H,4-8,10H2,1-3H3. The zero-order chi connectivity index (χ0) is 10.4. The first-order valence-electron chi connectivity index (χ1n) is 6.10. The fraction of sp³-hybridized carbons (Fsp3) is 0.846. The zero-order valence-electron chi connectivity index (χ0n) is 9.97. The van der Waals surface area contributed by atoms with E-state index in [4.69, 9.17) is 0 Å². The van der Waals surface area contributed by atoms with Crippen molar-refractivity contribution in [2.75, 3.05) is 13.1 Å². The Hall–Kier alpha value is -0.300. The van der Waals surface area contributed by atoms with Crippen LogP contribution in [0.1, 0.15) is 46.5 Å². The summed E-state index contributed by atoms with van der Waals surface area (Å²) in [7, 11) is 0. The first-order valence-corrected chi connectivity index (χ1v) is 6.10. The van der Waals surface area contributed by atoms with Crippen molar-refractivity contribution >= 4 is 0 Å². The van der Waals surface area contributed by atoms with Gasteiger partial charge in [-0.25, -0.2) is 0 Å². The number of hydrogen-bond acceptors (Lipinski definition) is 1. The van der Waals surface area contributed by atoms with E-state index < -0.39 is 0 Å². The van der Waals surface area contributed by atoms with Crippen LogP contribution in [0.15, 0.2) is 11.6 Å². The van der Waals surface area contributed by atoms with Gasteiger partial charge in [0.15, 0.2) is 0 Å². The van der Waals surface area contributed by atoms with Crippen LogP contribution < -0.4 is 5.32 Å². The van der Waals surface area contributed by atoms with Crippen LogP contribution in [0.2, 0.25) is 0 Å². The van der Waals surface area contributed by atoms with Gasteiger partial charge in [0.2, 0.25) is 0 Å². The third-order valence-electron chi connectivity index (χ3n) is 3.23. The first-order chi connectivity index (χ1) is 6.72. The minimum Gasteiger partial charge on any atom is -0.313 e. The van der Waals surface area contributed by atoms with Gasteiger partial charge in [0.05, 0.1) is 0 Å². The van der Waals surface area contributed by atoms with Gasteiger partial charge in [0.1, 0.15) is 0 Å². The third kappa shape index (κ3) is 4.28. The molecule has 1 aliphatic rings. The minimum absolute atomic E-state index is 0.866. The summed E-state index contributed by atoms with van der Waals surface area (Å²) < 4.78 is 0. The van der Waals surface area contributed by atoms with Crippen molar-refractivity contribution in [3.63, 3.8) is 0 Å². The van der Waals surface area contributed by atoms with E-state index in [1.54, 1.807) is 0 Å². The number of likely N-dealkylation sites (N-methyl/N-ethyl adjacent to an activating group) is 1. The largest absolute Gasteiger partial charge is 0.313 e. The molecule has 0 atom stereocenters. The fourth-order valence-corrected chi connectivity index (χ4v) is 2.24. The van der Waals surface area contributed by atoms with E-state index in [9.17, 15) is 0 Å². The number of allylic oxidation sites excluding steroid dienone is 1. The van der Waals surface area contributed by atoms with E-state index >= 15 is 0 Å². The second-order valence-electron chi connectivity index (χ2n) is 4.81. The quantitative estimate of drug-likeness (QED) is 0.678. The Bertz CT molecular complexity index is 176. The Labute approximate surface area is 89.0 Å². The van der Waals surface area contributed by atoms with Crippen LogP contribution >= 0.6 is 0 Å². The molecule has 1 saturated carbocycles. The van der Waals surface area contributed by atoms with Crippen molar-refractivity contribution in [2.24, 2.45) is 11.8 Å². The average molecular weight is 195 g/mol. The van der Waals surface area contributed by atoms with E-state index in [1.807, 2.05) is 0 Å². The lowest BCUT2D eigenvalue weighted by molar-refractivity contribution is 0.329. The highest BCUT2D eigenvalue weighted by molar-refractivity contribution is 5.03. The summed E-state index contributed by atoms with van der Waals surface area (Å²) in [6, 6.07) is 0. The SMILES string of the molecule is CCNCC(C)=CC1CCC(C)CC1. The fourth-order valence-electron chi connectivity index (χ4n) is 2.24.